The Bertz CT molecular complexity index is 751. The molecule has 6 heteroatoms. The zero-order valence-electron chi connectivity index (χ0n) is 10.8. The van der Waals surface area contributed by atoms with Crippen molar-refractivity contribution in [1.82, 2.24) is 9.55 Å². The highest BCUT2D eigenvalue weighted by Crippen LogP contribution is 2.33. The van der Waals surface area contributed by atoms with Crippen molar-refractivity contribution in [1.29, 1.82) is 0 Å². The third-order valence-corrected chi connectivity index (χ3v) is 4.91. The average Bonchev–Trinajstić information content (AvgIpc) is 3.02. The van der Waals surface area contributed by atoms with E-state index >= 15 is 0 Å². The van der Waals surface area contributed by atoms with Gasteiger partial charge in [-0.1, -0.05) is 13.0 Å². The summed E-state index contributed by atoms with van der Waals surface area (Å²) in [6, 6.07) is 7.38. The van der Waals surface area contributed by atoms with Gasteiger partial charge in [-0.25, -0.2) is 9.37 Å². The van der Waals surface area contributed by atoms with Crippen molar-refractivity contribution in [3.63, 3.8) is 0 Å². The van der Waals surface area contributed by atoms with Gasteiger partial charge < -0.3 is 10.3 Å². The van der Waals surface area contributed by atoms with Gasteiger partial charge in [0.05, 0.1) is 21.5 Å². The van der Waals surface area contributed by atoms with Gasteiger partial charge in [0.25, 0.3) is 0 Å². The highest BCUT2D eigenvalue weighted by atomic mass is 79.9. The first-order chi connectivity index (χ1) is 9.61. The Labute approximate surface area is 128 Å². The third-order valence-electron chi connectivity index (χ3n) is 3.33. The van der Waals surface area contributed by atoms with Crippen LogP contribution in [0.3, 0.4) is 0 Å². The van der Waals surface area contributed by atoms with Crippen LogP contribution in [0.2, 0.25) is 0 Å². The maximum Gasteiger partial charge on any atom is 0.201 e. The molecule has 3 nitrogen and oxygen atoms in total. The van der Waals surface area contributed by atoms with Crippen LogP contribution >= 0.6 is 27.3 Å². The van der Waals surface area contributed by atoms with Gasteiger partial charge in [0.2, 0.25) is 5.95 Å². The Kier molecular flexibility index (Phi) is 3.52. The van der Waals surface area contributed by atoms with Crippen LogP contribution in [-0.2, 0) is 0 Å². The minimum absolute atomic E-state index is 0.123. The summed E-state index contributed by atoms with van der Waals surface area (Å²) in [6.07, 6.45) is 0.894. The number of rotatable bonds is 3. The highest BCUT2D eigenvalue weighted by molar-refractivity contribution is 9.10. The molecule has 0 bridgehead atoms. The van der Waals surface area contributed by atoms with Crippen LogP contribution in [0.1, 0.15) is 24.3 Å². The number of benzene rings is 1. The smallest absolute Gasteiger partial charge is 0.201 e. The molecule has 0 fully saturated rings. The molecule has 3 aromatic rings. The van der Waals surface area contributed by atoms with Crippen molar-refractivity contribution in [2.24, 2.45) is 0 Å². The zero-order chi connectivity index (χ0) is 14.3. The van der Waals surface area contributed by atoms with Gasteiger partial charge in [0.15, 0.2) is 0 Å². The third kappa shape index (κ3) is 2.13. The highest BCUT2D eigenvalue weighted by Gasteiger charge is 2.20. The van der Waals surface area contributed by atoms with E-state index in [2.05, 4.69) is 33.9 Å². The number of nitrogens with two attached hydrogens (primary N) is 1. The number of hydrogen-bond acceptors (Lipinski definition) is 3. The second-order valence-corrected chi connectivity index (χ2v) is 6.37. The van der Waals surface area contributed by atoms with E-state index in [0.717, 1.165) is 11.9 Å². The van der Waals surface area contributed by atoms with Crippen LogP contribution in [0.4, 0.5) is 10.3 Å². The molecule has 1 atom stereocenters. The minimum Gasteiger partial charge on any atom is -0.369 e. The number of aromatic nitrogens is 2. The fraction of sp³-hybridized carbons (Fsp3) is 0.214. The molecule has 0 aliphatic rings. The fourth-order valence-electron chi connectivity index (χ4n) is 2.43. The normalized spacial score (nSPS) is 12.9. The zero-order valence-corrected chi connectivity index (χ0v) is 13.2. The van der Waals surface area contributed by atoms with Crippen molar-refractivity contribution in [3.8, 4) is 0 Å². The van der Waals surface area contributed by atoms with Crippen molar-refractivity contribution < 1.29 is 4.39 Å². The van der Waals surface area contributed by atoms with Crippen molar-refractivity contribution in [2.75, 3.05) is 5.73 Å². The van der Waals surface area contributed by atoms with E-state index in [1.807, 2.05) is 16.0 Å². The Balaban J connectivity index is 2.24. The SMILES string of the molecule is CCC(c1cccs1)n1c(N)nc2cc(F)c(Br)cc21. The lowest BCUT2D eigenvalue weighted by Crippen LogP contribution is -2.11. The molecule has 1 aromatic carbocycles. The van der Waals surface area contributed by atoms with Gasteiger partial charge in [-0.3, -0.25) is 0 Å². The van der Waals surface area contributed by atoms with Gasteiger partial charge in [0, 0.05) is 10.9 Å². The summed E-state index contributed by atoms with van der Waals surface area (Å²) in [4.78, 5) is 5.50. The predicted molar refractivity (Wildman–Crippen MR) is 84.6 cm³/mol. The molecule has 0 saturated heterocycles. The van der Waals surface area contributed by atoms with E-state index in [0.29, 0.717) is 15.9 Å². The summed E-state index contributed by atoms with van der Waals surface area (Å²) in [5, 5.41) is 2.04. The molecular weight excluding hydrogens is 341 g/mol. The summed E-state index contributed by atoms with van der Waals surface area (Å²) in [7, 11) is 0. The molecule has 0 radical (unpaired) electrons. The first kappa shape index (κ1) is 13.6. The van der Waals surface area contributed by atoms with Crippen LogP contribution in [0.15, 0.2) is 34.1 Å². The Morgan fingerprint density at radius 3 is 2.95 bits per heavy atom. The predicted octanol–water partition coefficient (Wildman–Crippen LogP) is 4.58. The molecule has 20 heavy (non-hydrogen) atoms. The quantitative estimate of drug-likeness (QED) is 0.748. The number of halogens is 2. The second-order valence-electron chi connectivity index (χ2n) is 4.53. The largest absolute Gasteiger partial charge is 0.369 e. The molecule has 0 saturated carbocycles. The molecule has 0 spiro atoms. The maximum absolute atomic E-state index is 13.6. The van der Waals surface area contributed by atoms with Crippen LogP contribution in [0.5, 0.6) is 0 Å². The van der Waals surface area contributed by atoms with Crippen molar-refractivity contribution in [3.05, 3.63) is 44.8 Å². The van der Waals surface area contributed by atoms with Gasteiger partial charge in [-0.05, 0) is 39.9 Å². The van der Waals surface area contributed by atoms with Gasteiger partial charge >= 0.3 is 0 Å². The number of nitrogens with zero attached hydrogens (tertiary/aromatic N) is 2. The Morgan fingerprint density at radius 1 is 1.50 bits per heavy atom. The fourth-order valence-corrected chi connectivity index (χ4v) is 3.66. The maximum atomic E-state index is 13.6. The van der Waals surface area contributed by atoms with E-state index in [9.17, 15) is 4.39 Å². The second kappa shape index (κ2) is 5.18. The molecule has 104 valence electrons. The molecule has 0 aliphatic heterocycles. The standard InChI is InChI=1S/C14H13BrFN3S/c1-2-11(13-4-3-5-20-13)19-12-6-8(15)9(16)7-10(12)18-14(19)17/h3-7,11H,2H2,1H3,(H2,17,18). The molecule has 2 N–H and O–H groups in total. The lowest BCUT2D eigenvalue weighted by Gasteiger charge is -2.17. The number of anilines is 1. The number of thiophene rings is 1. The molecule has 1 unspecified atom stereocenters. The Hall–Kier alpha value is -1.40. The van der Waals surface area contributed by atoms with E-state index in [4.69, 9.17) is 5.73 Å². The van der Waals surface area contributed by atoms with E-state index < -0.39 is 0 Å². The Morgan fingerprint density at radius 2 is 2.30 bits per heavy atom. The van der Waals surface area contributed by atoms with Crippen molar-refractivity contribution in [2.45, 2.75) is 19.4 Å². The minimum atomic E-state index is -0.327. The lowest BCUT2D eigenvalue weighted by atomic mass is 10.1. The van der Waals surface area contributed by atoms with Crippen LogP contribution in [0, 0.1) is 5.82 Å². The average molecular weight is 354 g/mol. The summed E-state index contributed by atoms with van der Waals surface area (Å²) in [5.41, 5.74) is 7.48. The summed E-state index contributed by atoms with van der Waals surface area (Å²) in [5.74, 6) is 0.0871. The molecule has 0 amide bonds. The van der Waals surface area contributed by atoms with Gasteiger partial charge in [-0.15, -0.1) is 11.3 Å². The van der Waals surface area contributed by atoms with E-state index in [-0.39, 0.29) is 11.9 Å². The first-order valence-electron chi connectivity index (χ1n) is 6.27. The molecule has 2 aromatic heterocycles. The monoisotopic (exact) mass is 353 g/mol. The summed E-state index contributed by atoms with van der Waals surface area (Å²) < 4.78 is 16.0. The van der Waals surface area contributed by atoms with Gasteiger partial charge in [0.1, 0.15) is 5.82 Å². The van der Waals surface area contributed by atoms with E-state index in [1.54, 1.807) is 17.4 Å². The lowest BCUT2D eigenvalue weighted by molar-refractivity contribution is 0.597. The first-order valence-corrected chi connectivity index (χ1v) is 7.95. The number of imidazole rings is 1. The van der Waals surface area contributed by atoms with Crippen molar-refractivity contribution >= 4 is 44.2 Å². The molecule has 0 aliphatic carbocycles. The number of nitrogen functional groups attached to an aromatic ring is 1. The van der Waals surface area contributed by atoms with Gasteiger partial charge in [-0.2, -0.15) is 0 Å². The van der Waals surface area contributed by atoms with Crippen LogP contribution in [0.25, 0.3) is 11.0 Å². The number of hydrogen-bond donors (Lipinski definition) is 1. The summed E-state index contributed by atoms with van der Waals surface area (Å²) >= 11 is 4.91. The number of fused-ring (bicyclic) bond motifs is 1. The van der Waals surface area contributed by atoms with Crippen LogP contribution in [-0.4, -0.2) is 9.55 Å². The van der Waals surface area contributed by atoms with Crippen LogP contribution < -0.4 is 5.73 Å². The topological polar surface area (TPSA) is 43.8 Å². The van der Waals surface area contributed by atoms with E-state index in [1.165, 1.54) is 10.9 Å². The molecule has 3 rings (SSSR count). The molecular formula is C14H13BrFN3S. The molecule has 2 heterocycles. The summed E-state index contributed by atoms with van der Waals surface area (Å²) in [6.45, 7) is 2.11.